The molecule has 1 amide bonds. The van der Waals surface area contributed by atoms with Gasteiger partial charge in [-0.05, 0) is 38.0 Å². The van der Waals surface area contributed by atoms with Crippen LogP contribution in [0.15, 0.2) is 24.3 Å². The highest BCUT2D eigenvalue weighted by atomic mass is 16.2. The van der Waals surface area contributed by atoms with Crippen molar-refractivity contribution in [2.75, 3.05) is 36.4 Å². The zero-order chi connectivity index (χ0) is 18.0. The lowest BCUT2D eigenvalue weighted by Crippen LogP contribution is -2.48. The van der Waals surface area contributed by atoms with Crippen molar-refractivity contribution in [1.82, 2.24) is 14.9 Å². The Morgan fingerprint density at radius 3 is 2.48 bits per heavy atom. The molecule has 0 aliphatic carbocycles. The van der Waals surface area contributed by atoms with E-state index in [4.69, 9.17) is 4.98 Å². The molecule has 0 spiro atoms. The minimum absolute atomic E-state index is 0.127. The summed E-state index contributed by atoms with van der Waals surface area (Å²) in [6.45, 7) is 10.7. The van der Waals surface area contributed by atoms with Crippen molar-refractivity contribution >= 4 is 23.4 Å². The zero-order valence-corrected chi connectivity index (χ0v) is 15.3. The summed E-state index contributed by atoms with van der Waals surface area (Å²) in [5.74, 6) is 1.64. The lowest BCUT2D eigenvalue weighted by atomic mass is 10.1. The second-order valence-corrected chi connectivity index (χ2v) is 6.56. The van der Waals surface area contributed by atoms with E-state index in [0.29, 0.717) is 13.1 Å². The van der Waals surface area contributed by atoms with E-state index in [9.17, 15) is 4.79 Å². The number of nitrogens with zero attached hydrogens (tertiary/aromatic N) is 4. The number of piperazine rings is 1. The van der Waals surface area contributed by atoms with E-state index in [-0.39, 0.29) is 5.91 Å². The summed E-state index contributed by atoms with van der Waals surface area (Å²) in [4.78, 5) is 24.8. The van der Waals surface area contributed by atoms with Gasteiger partial charge in [0, 0.05) is 50.6 Å². The fourth-order valence-electron chi connectivity index (χ4n) is 3.00. The second-order valence-electron chi connectivity index (χ2n) is 6.56. The second kappa shape index (κ2) is 7.09. The molecule has 1 aromatic carbocycles. The van der Waals surface area contributed by atoms with E-state index in [1.165, 1.54) is 11.1 Å². The molecular formula is C19H25N5O. The van der Waals surface area contributed by atoms with Crippen LogP contribution in [-0.4, -0.2) is 47.0 Å². The van der Waals surface area contributed by atoms with E-state index in [2.05, 4.69) is 41.2 Å². The third-order valence-electron chi connectivity index (χ3n) is 4.72. The molecule has 1 aromatic heterocycles. The molecule has 25 heavy (non-hydrogen) atoms. The van der Waals surface area contributed by atoms with E-state index in [1.54, 1.807) is 6.92 Å². The number of carbonyl (C=O) groups excluding carboxylic acids is 1. The quantitative estimate of drug-likeness (QED) is 0.932. The van der Waals surface area contributed by atoms with Gasteiger partial charge in [-0.1, -0.05) is 12.1 Å². The first-order valence-corrected chi connectivity index (χ1v) is 8.63. The van der Waals surface area contributed by atoms with E-state index in [1.807, 2.05) is 24.0 Å². The molecule has 6 nitrogen and oxygen atoms in total. The van der Waals surface area contributed by atoms with Crippen molar-refractivity contribution in [3.05, 3.63) is 41.1 Å². The maximum absolute atomic E-state index is 11.5. The van der Waals surface area contributed by atoms with Crippen LogP contribution in [0.25, 0.3) is 0 Å². The summed E-state index contributed by atoms with van der Waals surface area (Å²) in [6, 6.07) is 8.16. The number of amides is 1. The molecule has 1 aliphatic rings. The molecule has 3 rings (SSSR count). The molecule has 2 aromatic rings. The first kappa shape index (κ1) is 17.2. The lowest BCUT2D eigenvalue weighted by Gasteiger charge is -2.34. The normalized spacial score (nSPS) is 14.6. The fourth-order valence-corrected chi connectivity index (χ4v) is 3.00. The molecule has 1 N–H and O–H groups in total. The van der Waals surface area contributed by atoms with Gasteiger partial charge in [-0.2, -0.15) is 4.98 Å². The topological polar surface area (TPSA) is 61.4 Å². The summed E-state index contributed by atoms with van der Waals surface area (Å²) in [6.07, 6.45) is 0. The number of carbonyl (C=O) groups is 1. The Balaban J connectivity index is 1.79. The Hall–Kier alpha value is -2.63. The number of rotatable bonds is 3. The first-order valence-electron chi connectivity index (χ1n) is 8.63. The first-order chi connectivity index (χ1) is 11.9. The van der Waals surface area contributed by atoms with Crippen LogP contribution in [0.3, 0.4) is 0 Å². The van der Waals surface area contributed by atoms with Crippen LogP contribution < -0.4 is 10.2 Å². The third-order valence-corrected chi connectivity index (χ3v) is 4.72. The van der Waals surface area contributed by atoms with Gasteiger partial charge in [0.15, 0.2) is 0 Å². The Kier molecular flexibility index (Phi) is 4.88. The molecule has 6 heteroatoms. The van der Waals surface area contributed by atoms with Gasteiger partial charge in [0.1, 0.15) is 5.82 Å². The van der Waals surface area contributed by atoms with Gasteiger partial charge >= 0.3 is 0 Å². The summed E-state index contributed by atoms with van der Waals surface area (Å²) < 4.78 is 0. The average molecular weight is 339 g/mol. The van der Waals surface area contributed by atoms with E-state index < -0.39 is 0 Å². The smallest absolute Gasteiger partial charge is 0.227 e. The third kappa shape index (κ3) is 3.90. The molecule has 0 bridgehead atoms. The molecule has 1 aliphatic heterocycles. The molecule has 1 saturated heterocycles. The monoisotopic (exact) mass is 339 g/mol. The zero-order valence-electron chi connectivity index (χ0n) is 15.3. The lowest BCUT2D eigenvalue weighted by molar-refractivity contribution is -0.129. The minimum atomic E-state index is 0.127. The highest BCUT2D eigenvalue weighted by Crippen LogP contribution is 2.23. The highest BCUT2D eigenvalue weighted by molar-refractivity contribution is 5.73. The Morgan fingerprint density at radius 2 is 1.80 bits per heavy atom. The van der Waals surface area contributed by atoms with Crippen LogP contribution in [0.5, 0.6) is 0 Å². The van der Waals surface area contributed by atoms with Crippen LogP contribution >= 0.6 is 0 Å². The number of anilines is 3. The molecule has 0 radical (unpaired) electrons. The predicted octanol–water partition coefficient (Wildman–Crippen LogP) is 2.81. The highest BCUT2D eigenvalue weighted by Gasteiger charge is 2.21. The summed E-state index contributed by atoms with van der Waals surface area (Å²) >= 11 is 0. The number of nitrogens with one attached hydrogen (secondary N) is 1. The molecule has 132 valence electrons. The van der Waals surface area contributed by atoms with Gasteiger partial charge in [-0.15, -0.1) is 0 Å². The van der Waals surface area contributed by atoms with Crippen LogP contribution in [0, 0.1) is 20.8 Å². The summed E-state index contributed by atoms with van der Waals surface area (Å²) in [5.41, 5.74) is 4.45. The number of benzene rings is 1. The molecule has 0 unspecified atom stereocenters. The van der Waals surface area contributed by atoms with Crippen LogP contribution in [0.1, 0.15) is 23.7 Å². The number of aromatic nitrogens is 2. The Labute approximate surface area is 148 Å². The van der Waals surface area contributed by atoms with Crippen molar-refractivity contribution in [1.29, 1.82) is 0 Å². The van der Waals surface area contributed by atoms with Gasteiger partial charge in [-0.3, -0.25) is 4.79 Å². The maximum Gasteiger partial charge on any atom is 0.227 e. The largest absolute Gasteiger partial charge is 0.340 e. The number of hydrogen-bond acceptors (Lipinski definition) is 5. The van der Waals surface area contributed by atoms with Crippen molar-refractivity contribution < 1.29 is 4.79 Å². The Morgan fingerprint density at radius 1 is 1.08 bits per heavy atom. The summed E-state index contributed by atoms with van der Waals surface area (Å²) in [7, 11) is 0. The Bertz CT molecular complexity index is 781. The van der Waals surface area contributed by atoms with Crippen molar-refractivity contribution in [2.45, 2.75) is 27.7 Å². The van der Waals surface area contributed by atoms with Crippen molar-refractivity contribution in [3.8, 4) is 0 Å². The van der Waals surface area contributed by atoms with Crippen LogP contribution in [0.4, 0.5) is 17.5 Å². The molecule has 0 saturated carbocycles. The number of hydrogen-bond donors (Lipinski definition) is 1. The van der Waals surface area contributed by atoms with E-state index in [0.717, 1.165) is 36.2 Å². The van der Waals surface area contributed by atoms with Gasteiger partial charge in [-0.25, -0.2) is 4.98 Å². The predicted molar refractivity (Wildman–Crippen MR) is 100 cm³/mol. The van der Waals surface area contributed by atoms with Crippen molar-refractivity contribution in [3.63, 3.8) is 0 Å². The van der Waals surface area contributed by atoms with Crippen molar-refractivity contribution in [2.24, 2.45) is 0 Å². The van der Waals surface area contributed by atoms with Gasteiger partial charge < -0.3 is 15.1 Å². The van der Waals surface area contributed by atoms with Gasteiger partial charge in [0.05, 0.1) is 0 Å². The number of aryl methyl sites for hydroxylation is 2. The van der Waals surface area contributed by atoms with E-state index >= 15 is 0 Å². The van der Waals surface area contributed by atoms with Gasteiger partial charge in [0.2, 0.25) is 11.9 Å². The van der Waals surface area contributed by atoms with Crippen LogP contribution in [-0.2, 0) is 4.79 Å². The molecule has 0 atom stereocenters. The molecule has 2 heterocycles. The standard InChI is InChI=1S/C19H25N5O/c1-13-6-5-7-17(15(13)3)21-18-12-14(2)20-19(22-18)24-10-8-23(9-11-24)16(4)25/h5-7,12H,8-11H2,1-4H3,(H,20,21,22). The molecular weight excluding hydrogens is 314 g/mol. The molecule has 1 fully saturated rings. The SMILES string of the molecule is CC(=O)N1CCN(c2nc(C)cc(Nc3cccc(C)c3C)n2)CC1. The fraction of sp³-hybridized carbons (Fsp3) is 0.421. The summed E-state index contributed by atoms with van der Waals surface area (Å²) in [5, 5.41) is 3.42. The minimum Gasteiger partial charge on any atom is -0.340 e. The maximum atomic E-state index is 11.5. The average Bonchev–Trinajstić information content (AvgIpc) is 2.58. The van der Waals surface area contributed by atoms with Crippen LogP contribution in [0.2, 0.25) is 0 Å². The van der Waals surface area contributed by atoms with Gasteiger partial charge in [0.25, 0.3) is 0 Å².